The highest BCUT2D eigenvalue weighted by atomic mass is 16.5. The number of carbonyl (C=O) groups excluding carboxylic acids is 1. The summed E-state index contributed by atoms with van der Waals surface area (Å²) in [6.07, 6.45) is 4.99. The van der Waals surface area contributed by atoms with Gasteiger partial charge in [-0.2, -0.15) is 0 Å². The van der Waals surface area contributed by atoms with Gasteiger partial charge in [-0.3, -0.25) is 4.79 Å². The average molecular weight is 297 g/mol. The number of hydrogen-bond donors (Lipinski definition) is 0. The van der Waals surface area contributed by atoms with Gasteiger partial charge in [0.1, 0.15) is 5.75 Å². The summed E-state index contributed by atoms with van der Waals surface area (Å²) in [4.78, 5) is 22.1. The maximum absolute atomic E-state index is 11.8. The molecule has 0 aliphatic carbocycles. The third-order valence-electron chi connectivity index (χ3n) is 3.89. The smallest absolute Gasteiger partial charge is 0.321 e. The van der Waals surface area contributed by atoms with Crippen LogP contribution in [-0.4, -0.2) is 26.8 Å². The van der Waals surface area contributed by atoms with Crippen LogP contribution in [0.25, 0.3) is 0 Å². The number of aryl methyl sites for hydroxylation is 1. The Morgan fingerprint density at radius 3 is 2.50 bits per heavy atom. The van der Waals surface area contributed by atoms with Crippen LogP contribution < -0.4 is 4.74 Å². The van der Waals surface area contributed by atoms with Gasteiger partial charge in [0, 0.05) is 37.0 Å². The molecule has 1 fully saturated rings. The summed E-state index contributed by atoms with van der Waals surface area (Å²) >= 11 is 0. The van der Waals surface area contributed by atoms with Gasteiger partial charge >= 0.3 is 6.01 Å². The predicted molar refractivity (Wildman–Crippen MR) is 82.5 cm³/mol. The third-order valence-corrected chi connectivity index (χ3v) is 3.89. The second kappa shape index (κ2) is 6.13. The molecule has 114 valence electrons. The van der Waals surface area contributed by atoms with Crippen LogP contribution in [0.4, 0.5) is 0 Å². The van der Waals surface area contributed by atoms with Crippen molar-refractivity contribution in [2.75, 3.05) is 0 Å². The van der Waals surface area contributed by atoms with Gasteiger partial charge in [0.15, 0.2) is 0 Å². The quantitative estimate of drug-likeness (QED) is 0.870. The van der Waals surface area contributed by atoms with Crippen LogP contribution in [0.3, 0.4) is 0 Å². The Hall–Kier alpha value is -2.43. The van der Waals surface area contributed by atoms with E-state index in [1.54, 1.807) is 12.4 Å². The molecule has 1 aromatic carbocycles. The minimum Gasteiger partial charge on any atom is -0.424 e. The summed E-state index contributed by atoms with van der Waals surface area (Å²) < 4.78 is 5.60. The van der Waals surface area contributed by atoms with E-state index in [0.717, 1.165) is 12.0 Å². The molecule has 1 atom stereocenters. The molecule has 1 saturated heterocycles. The third kappa shape index (κ3) is 3.24. The topological polar surface area (TPSA) is 55.3 Å². The molecule has 0 spiro atoms. The van der Waals surface area contributed by atoms with Crippen molar-refractivity contribution < 1.29 is 9.53 Å². The predicted octanol–water partition coefficient (Wildman–Crippen LogP) is 3.09. The standard InChI is InChI=1S/C17H19N3O2/c1-12-3-6-15(7-4-12)22-17-18-9-14(10-19-17)11-20-13(2)5-8-16(20)21/h3-4,6-7,9-10,13H,5,8,11H2,1-2H3. The Morgan fingerprint density at radius 1 is 1.23 bits per heavy atom. The van der Waals surface area contributed by atoms with Crippen LogP contribution >= 0.6 is 0 Å². The summed E-state index contributed by atoms with van der Waals surface area (Å²) in [6.45, 7) is 4.65. The lowest BCUT2D eigenvalue weighted by atomic mass is 10.2. The van der Waals surface area contributed by atoms with E-state index in [4.69, 9.17) is 4.74 Å². The van der Waals surface area contributed by atoms with E-state index in [9.17, 15) is 4.79 Å². The maximum Gasteiger partial charge on any atom is 0.321 e. The SMILES string of the molecule is Cc1ccc(Oc2ncc(CN3C(=O)CCC3C)cn2)cc1. The number of hydrogen-bond acceptors (Lipinski definition) is 4. The molecule has 1 unspecified atom stereocenters. The molecule has 1 aliphatic rings. The number of likely N-dealkylation sites (tertiary alicyclic amines) is 1. The normalized spacial score (nSPS) is 17.8. The second-order valence-electron chi connectivity index (χ2n) is 5.70. The lowest BCUT2D eigenvalue weighted by Crippen LogP contribution is -2.30. The number of benzene rings is 1. The zero-order chi connectivity index (χ0) is 15.5. The minimum absolute atomic E-state index is 0.201. The van der Waals surface area contributed by atoms with Crippen molar-refractivity contribution in [3.63, 3.8) is 0 Å². The van der Waals surface area contributed by atoms with Crippen LogP contribution in [0.2, 0.25) is 0 Å². The van der Waals surface area contributed by atoms with E-state index in [1.807, 2.05) is 36.1 Å². The Bertz CT molecular complexity index is 653. The van der Waals surface area contributed by atoms with Gasteiger partial charge < -0.3 is 9.64 Å². The van der Waals surface area contributed by atoms with Crippen molar-refractivity contribution in [1.29, 1.82) is 0 Å². The van der Waals surface area contributed by atoms with E-state index >= 15 is 0 Å². The summed E-state index contributed by atoms with van der Waals surface area (Å²) in [5.74, 6) is 0.911. The van der Waals surface area contributed by atoms with E-state index in [0.29, 0.717) is 24.7 Å². The van der Waals surface area contributed by atoms with Gasteiger partial charge in [-0.15, -0.1) is 0 Å². The fourth-order valence-electron chi connectivity index (χ4n) is 2.51. The average Bonchev–Trinajstić information content (AvgIpc) is 2.83. The van der Waals surface area contributed by atoms with E-state index < -0.39 is 0 Å². The summed E-state index contributed by atoms with van der Waals surface area (Å²) in [5.41, 5.74) is 2.09. The number of nitrogens with zero attached hydrogens (tertiary/aromatic N) is 3. The zero-order valence-electron chi connectivity index (χ0n) is 12.8. The maximum atomic E-state index is 11.8. The highest BCUT2D eigenvalue weighted by Gasteiger charge is 2.27. The Balaban J connectivity index is 1.65. The van der Waals surface area contributed by atoms with Crippen LogP contribution in [-0.2, 0) is 11.3 Å². The van der Waals surface area contributed by atoms with Gasteiger partial charge in [-0.25, -0.2) is 9.97 Å². The molecule has 1 aromatic heterocycles. The zero-order valence-corrected chi connectivity index (χ0v) is 12.8. The Morgan fingerprint density at radius 2 is 1.91 bits per heavy atom. The molecule has 1 aliphatic heterocycles. The van der Waals surface area contributed by atoms with Crippen LogP contribution in [0.15, 0.2) is 36.7 Å². The fourth-order valence-corrected chi connectivity index (χ4v) is 2.51. The van der Waals surface area contributed by atoms with E-state index in [-0.39, 0.29) is 11.9 Å². The molecule has 1 amide bonds. The van der Waals surface area contributed by atoms with E-state index in [2.05, 4.69) is 16.9 Å². The highest BCUT2D eigenvalue weighted by Crippen LogP contribution is 2.21. The molecule has 0 saturated carbocycles. The molecule has 2 aromatic rings. The first-order valence-electron chi connectivity index (χ1n) is 7.47. The number of aromatic nitrogens is 2. The van der Waals surface area contributed by atoms with Crippen LogP contribution in [0, 0.1) is 6.92 Å². The first-order valence-corrected chi connectivity index (χ1v) is 7.47. The second-order valence-corrected chi connectivity index (χ2v) is 5.70. The summed E-state index contributed by atoms with van der Waals surface area (Å²) in [7, 11) is 0. The summed E-state index contributed by atoms with van der Waals surface area (Å²) in [6, 6.07) is 8.33. The molecule has 0 radical (unpaired) electrons. The van der Waals surface area contributed by atoms with Gasteiger partial charge in [0.25, 0.3) is 0 Å². The molecular formula is C17H19N3O2. The van der Waals surface area contributed by atoms with Gasteiger partial charge in [0.2, 0.25) is 5.91 Å². The van der Waals surface area contributed by atoms with Crippen molar-refractivity contribution in [1.82, 2.24) is 14.9 Å². The Labute approximate surface area is 130 Å². The van der Waals surface area contributed by atoms with E-state index in [1.165, 1.54) is 5.56 Å². The Kier molecular flexibility index (Phi) is 4.04. The van der Waals surface area contributed by atoms with Gasteiger partial charge in [-0.05, 0) is 32.4 Å². The molecule has 22 heavy (non-hydrogen) atoms. The number of rotatable bonds is 4. The molecule has 2 heterocycles. The summed E-state index contributed by atoms with van der Waals surface area (Å²) in [5, 5.41) is 0. The number of carbonyl (C=O) groups is 1. The van der Waals surface area contributed by atoms with Crippen molar-refractivity contribution in [2.45, 2.75) is 39.3 Å². The molecular weight excluding hydrogens is 278 g/mol. The van der Waals surface area contributed by atoms with Crippen LogP contribution in [0.1, 0.15) is 30.9 Å². The lowest BCUT2D eigenvalue weighted by molar-refractivity contribution is -0.129. The molecule has 0 N–H and O–H groups in total. The molecule has 5 nitrogen and oxygen atoms in total. The molecule has 0 bridgehead atoms. The first kappa shape index (κ1) is 14.5. The van der Waals surface area contributed by atoms with Crippen molar-refractivity contribution in [3.05, 3.63) is 47.8 Å². The highest BCUT2D eigenvalue weighted by molar-refractivity contribution is 5.78. The van der Waals surface area contributed by atoms with Gasteiger partial charge in [0.05, 0.1) is 0 Å². The lowest BCUT2D eigenvalue weighted by Gasteiger charge is -2.21. The minimum atomic E-state index is 0.201. The van der Waals surface area contributed by atoms with Crippen molar-refractivity contribution in [2.24, 2.45) is 0 Å². The fraction of sp³-hybridized carbons (Fsp3) is 0.353. The largest absolute Gasteiger partial charge is 0.424 e. The van der Waals surface area contributed by atoms with Gasteiger partial charge in [-0.1, -0.05) is 17.7 Å². The van der Waals surface area contributed by atoms with Crippen molar-refractivity contribution in [3.8, 4) is 11.8 Å². The molecule has 5 heteroatoms. The van der Waals surface area contributed by atoms with Crippen LogP contribution in [0.5, 0.6) is 11.8 Å². The number of ether oxygens (including phenoxy) is 1. The monoisotopic (exact) mass is 297 g/mol. The van der Waals surface area contributed by atoms with Crippen molar-refractivity contribution >= 4 is 5.91 Å². The molecule has 3 rings (SSSR count). The first-order chi connectivity index (χ1) is 10.6. The number of amides is 1.